The molecule has 0 aromatic carbocycles. The third kappa shape index (κ3) is 3.83. The molecule has 4 nitrogen and oxygen atoms in total. The molecule has 0 fully saturated rings. The number of aliphatic hydroxyl groups excluding tert-OH is 1. The van der Waals surface area contributed by atoms with Crippen molar-refractivity contribution in [3.8, 4) is 5.88 Å². The van der Waals surface area contributed by atoms with Gasteiger partial charge in [-0.15, -0.1) is 0 Å². The van der Waals surface area contributed by atoms with Gasteiger partial charge in [-0.2, -0.15) is 4.98 Å². The lowest BCUT2D eigenvalue weighted by Gasteiger charge is -2.10. The summed E-state index contributed by atoms with van der Waals surface area (Å²) in [6.45, 7) is 6.25. The molecule has 0 radical (unpaired) electrons. The third-order valence-corrected chi connectivity index (χ3v) is 2.06. The Balaban J connectivity index is 2.58. The second-order valence-corrected chi connectivity index (χ2v) is 3.78. The molecule has 1 rings (SSSR count). The lowest BCUT2D eigenvalue weighted by Crippen LogP contribution is -2.16. The highest BCUT2D eigenvalue weighted by atomic mass is 16.5. The summed E-state index contributed by atoms with van der Waals surface area (Å²) in [7, 11) is 0. The number of aromatic nitrogens is 2. The van der Waals surface area contributed by atoms with Crippen LogP contribution in [0.5, 0.6) is 5.88 Å². The summed E-state index contributed by atoms with van der Waals surface area (Å²) in [5.74, 6) is 1.57. The first kappa shape index (κ1) is 11.9. The molecule has 0 aliphatic carbocycles. The van der Waals surface area contributed by atoms with Crippen LogP contribution in [0.4, 0.5) is 0 Å². The van der Waals surface area contributed by atoms with Gasteiger partial charge in [-0.25, -0.2) is 4.98 Å². The molecule has 0 aliphatic heterocycles. The van der Waals surface area contributed by atoms with Crippen molar-refractivity contribution < 1.29 is 9.84 Å². The van der Waals surface area contributed by atoms with Gasteiger partial charge < -0.3 is 9.84 Å². The van der Waals surface area contributed by atoms with Crippen LogP contribution in [-0.4, -0.2) is 27.8 Å². The Morgan fingerprint density at radius 1 is 1.47 bits per heavy atom. The normalized spacial score (nSPS) is 12.9. The number of hydrogen-bond donors (Lipinski definition) is 1. The summed E-state index contributed by atoms with van der Waals surface area (Å²) in [5.41, 5.74) is 0. The zero-order valence-corrected chi connectivity index (χ0v) is 9.47. The van der Waals surface area contributed by atoms with Gasteiger partial charge in [-0.3, -0.25) is 0 Å². The molecule has 0 saturated heterocycles. The summed E-state index contributed by atoms with van der Waals surface area (Å²) in [6, 6.07) is 1.70. The Morgan fingerprint density at radius 2 is 2.20 bits per heavy atom. The molecule has 1 N–H and O–H groups in total. The monoisotopic (exact) mass is 210 g/mol. The molecule has 0 saturated carbocycles. The molecule has 1 aromatic rings. The van der Waals surface area contributed by atoms with Crippen molar-refractivity contribution in [3.05, 3.63) is 18.1 Å². The SMILES string of the molecule is CCC(O)COc1ccnc(C(C)C)n1. The Bertz CT molecular complexity index is 302. The van der Waals surface area contributed by atoms with E-state index in [1.54, 1.807) is 12.3 Å². The molecular weight excluding hydrogens is 192 g/mol. The van der Waals surface area contributed by atoms with Crippen molar-refractivity contribution in [1.82, 2.24) is 9.97 Å². The smallest absolute Gasteiger partial charge is 0.216 e. The first-order chi connectivity index (χ1) is 7.13. The van der Waals surface area contributed by atoms with Gasteiger partial charge in [0.25, 0.3) is 0 Å². The van der Waals surface area contributed by atoms with Crippen LogP contribution >= 0.6 is 0 Å². The van der Waals surface area contributed by atoms with Crippen LogP contribution in [-0.2, 0) is 0 Å². The number of ether oxygens (including phenoxy) is 1. The van der Waals surface area contributed by atoms with Gasteiger partial charge in [0, 0.05) is 18.2 Å². The molecular formula is C11H18N2O2. The second-order valence-electron chi connectivity index (χ2n) is 3.78. The van der Waals surface area contributed by atoms with Crippen molar-refractivity contribution in [2.75, 3.05) is 6.61 Å². The molecule has 0 amide bonds. The fraction of sp³-hybridized carbons (Fsp3) is 0.636. The van der Waals surface area contributed by atoms with E-state index in [1.807, 2.05) is 20.8 Å². The molecule has 1 unspecified atom stereocenters. The fourth-order valence-electron chi connectivity index (χ4n) is 1.01. The van der Waals surface area contributed by atoms with Crippen LogP contribution in [0.1, 0.15) is 38.9 Å². The summed E-state index contributed by atoms with van der Waals surface area (Å²) in [4.78, 5) is 8.37. The second kappa shape index (κ2) is 5.66. The standard InChI is InChI=1S/C11H18N2O2/c1-4-9(14)7-15-10-5-6-12-11(13-10)8(2)3/h5-6,8-9,14H,4,7H2,1-3H3. The van der Waals surface area contributed by atoms with Gasteiger partial charge in [-0.05, 0) is 6.42 Å². The van der Waals surface area contributed by atoms with E-state index >= 15 is 0 Å². The Kier molecular flexibility index (Phi) is 4.49. The first-order valence-corrected chi connectivity index (χ1v) is 5.27. The zero-order valence-electron chi connectivity index (χ0n) is 9.47. The van der Waals surface area contributed by atoms with Crippen LogP contribution in [0.2, 0.25) is 0 Å². The zero-order chi connectivity index (χ0) is 11.3. The highest BCUT2D eigenvalue weighted by Gasteiger charge is 2.06. The summed E-state index contributed by atoms with van der Waals surface area (Å²) in [6.07, 6.45) is 1.93. The summed E-state index contributed by atoms with van der Waals surface area (Å²) < 4.78 is 5.35. The van der Waals surface area contributed by atoms with Gasteiger partial charge in [-0.1, -0.05) is 20.8 Å². The highest BCUT2D eigenvalue weighted by molar-refractivity contribution is 5.10. The lowest BCUT2D eigenvalue weighted by atomic mass is 10.2. The molecule has 0 spiro atoms. The van der Waals surface area contributed by atoms with Crippen molar-refractivity contribution in [2.24, 2.45) is 0 Å². The van der Waals surface area contributed by atoms with E-state index in [2.05, 4.69) is 9.97 Å². The number of nitrogens with zero attached hydrogens (tertiary/aromatic N) is 2. The fourth-order valence-corrected chi connectivity index (χ4v) is 1.01. The topological polar surface area (TPSA) is 55.2 Å². The predicted molar refractivity (Wildman–Crippen MR) is 57.9 cm³/mol. The maximum atomic E-state index is 9.33. The van der Waals surface area contributed by atoms with Crippen LogP contribution in [0.3, 0.4) is 0 Å². The number of aliphatic hydroxyl groups is 1. The van der Waals surface area contributed by atoms with Crippen LogP contribution in [0.25, 0.3) is 0 Å². The maximum Gasteiger partial charge on any atom is 0.216 e. The number of hydrogen-bond acceptors (Lipinski definition) is 4. The molecule has 15 heavy (non-hydrogen) atoms. The maximum absolute atomic E-state index is 9.33. The minimum Gasteiger partial charge on any atom is -0.475 e. The largest absolute Gasteiger partial charge is 0.475 e. The molecule has 4 heteroatoms. The minimum atomic E-state index is -0.428. The number of rotatable bonds is 5. The average Bonchev–Trinajstić information content (AvgIpc) is 2.26. The predicted octanol–water partition coefficient (Wildman–Crippen LogP) is 1.75. The van der Waals surface area contributed by atoms with Gasteiger partial charge in [0.15, 0.2) is 0 Å². The van der Waals surface area contributed by atoms with Crippen molar-refractivity contribution in [2.45, 2.75) is 39.2 Å². The third-order valence-electron chi connectivity index (χ3n) is 2.06. The Morgan fingerprint density at radius 3 is 2.80 bits per heavy atom. The van der Waals surface area contributed by atoms with E-state index in [0.717, 1.165) is 5.82 Å². The molecule has 0 aliphatic rings. The van der Waals surface area contributed by atoms with Crippen LogP contribution in [0, 0.1) is 0 Å². The summed E-state index contributed by atoms with van der Waals surface area (Å²) >= 11 is 0. The van der Waals surface area contributed by atoms with Gasteiger partial charge >= 0.3 is 0 Å². The minimum absolute atomic E-state index is 0.282. The van der Waals surface area contributed by atoms with E-state index in [1.165, 1.54) is 0 Å². The van der Waals surface area contributed by atoms with Crippen molar-refractivity contribution in [1.29, 1.82) is 0 Å². The van der Waals surface area contributed by atoms with Crippen LogP contribution < -0.4 is 4.74 Å². The molecule has 1 heterocycles. The molecule has 1 aromatic heterocycles. The quantitative estimate of drug-likeness (QED) is 0.804. The molecule has 84 valence electrons. The van der Waals surface area contributed by atoms with E-state index in [-0.39, 0.29) is 12.5 Å². The average molecular weight is 210 g/mol. The van der Waals surface area contributed by atoms with E-state index in [9.17, 15) is 5.11 Å². The van der Waals surface area contributed by atoms with Crippen molar-refractivity contribution >= 4 is 0 Å². The van der Waals surface area contributed by atoms with E-state index in [0.29, 0.717) is 12.3 Å². The Hall–Kier alpha value is -1.16. The summed E-state index contributed by atoms with van der Waals surface area (Å²) in [5, 5.41) is 9.33. The molecule has 0 bridgehead atoms. The molecule has 1 atom stereocenters. The van der Waals surface area contributed by atoms with Gasteiger partial charge in [0.05, 0.1) is 6.10 Å². The lowest BCUT2D eigenvalue weighted by molar-refractivity contribution is 0.101. The highest BCUT2D eigenvalue weighted by Crippen LogP contribution is 2.12. The van der Waals surface area contributed by atoms with Gasteiger partial charge in [0.2, 0.25) is 5.88 Å². The van der Waals surface area contributed by atoms with E-state index in [4.69, 9.17) is 4.74 Å². The Labute approximate surface area is 90.3 Å². The van der Waals surface area contributed by atoms with Crippen LogP contribution in [0.15, 0.2) is 12.3 Å². The first-order valence-electron chi connectivity index (χ1n) is 5.27. The van der Waals surface area contributed by atoms with E-state index < -0.39 is 6.10 Å². The van der Waals surface area contributed by atoms with Gasteiger partial charge in [0.1, 0.15) is 12.4 Å². The van der Waals surface area contributed by atoms with Crippen molar-refractivity contribution in [3.63, 3.8) is 0 Å².